The normalized spacial score (nSPS) is 23.0. The minimum Gasteiger partial charge on any atom is -0.464 e. The average Bonchev–Trinajstić information content (AvgIpc) is 2.37. The lowest BCUT2D eigenvalue weighted by Gasteiger charge is -2.05. The van der Waals surface area contributed by atoms with Crippen molar-refractivity contribution in [1.29, 1.82) is 0 Å². The van der Waals surface area contributed by atoms with Crippen LogP contribution in [0.1, 0.15) is 70.6 Å². The van der Waals surface area contributed by atoms with Gasteiger partial charge in [-0.05, 0) is 12.8 Å². The van der Waals surface area contributed by atoms with Crippen LogP contribution >= 0.6 is 0 Å². The highest BCUT2D eigenvalue weighted by molar-refractivity contribution is 5.70. The Kier molecular flexibility index (Phi) is 9.91. The van der Waals surface area contributed by atoms with E-state index in [9.17, 15) is 4.79 Å². The number of cyclic esters (lactones) is 1. The smallest absolute Gasteiger partial charge is 0.332 e. The summed E-state index contributed by atoms with van der Waals surface area (Å²) >= 11 is 0. The Labute approximate surface area is 111 Å². The molecule has 1 saturated heterocycles. The third-order valence-corrected chi connectivity index (χ3v) is 3.42. The summed E-state index contributed by atoms with van der Waals surface area (Å²) < 4.78 is 10.4. The van der Waals surface area contributed by atoms with E-state index in [-0.39, 0.29) is 12.6 Å². The number of ether oxygens (including phenoxy) is 2. The lowest BCUT2D eigenvalue weighted by Crippen LogP contribution is -2.14. The zero-order valence-corrected chi connectivity index (χ0v) is 11.6. The maximum absolute atomic E-state index is 11.3. The number of hydrogen-bond acceptors (Lipinski definition) is 3. The number of esters is 1. The third-order valence-electron chi connectivity index (χ3n) is 3.42. The average molecular weight is 256 g/mol. The van der Waals surface area contributed by atoms with Crippen molar-refractivity contribution in [3.8, 4) is 0 Å². The molecule has 18 heavy (non-hydrogen) atoms. The Balaban J connectivity index is 2.11. The highest BCUT2D eigenvalue weighted by Gasteiger charge is 2.03. The molecule has 0 spiro atoms. The molecule has 0 N–H and O–H groups in total. The van der Waals surface area contributed by atoms with Gasteiger partial charge in [0.1, 0.15) is 6.61 Å². The molecular weight excluding hydrogens is 228 g/mol. The second kappa shape index (κ2) is 11.5. The molecule has 0 atom stereocenters. The molecule has 0 radical (unpaired) electrons. The molecule has 1 aliphatic rings. The lowest BCUT2D eigenvalue weighted by atomic mass is 10.1. The van der Waals surface area contributed by atoms with E-state index in [1.54, 1.807) is 0 Å². The summed E-state index contributed by atoms with van der Waals surface area (Å²) in [7, 11) is 0. The number of rotatable bonds is 0. The molecule has 1 aliphatic heterocycles. The Morgan fingerprint density at radius 1 is 0.611 bits per heavy atom. The highest BCUT2D eigenvalue weighted by Crippen LogP contribution is 2.11. The van der Waals surface area contributed by atoms with Gasteiger partial charge < -0.3 is 9.47 Å². The molecule has 0 aromatic heterocycles. The summed E-state index contributed by atoms with van der Waals surface area (Å²) in [5.74, 6) is -0.209. The monoisotopic (exact) mass is 256 g/mol. The quantitative estimate of drug-likeness (QED) is 0.617. The lowest BCUT2D eigenvalue weighted by molar-refractivity contribution is -0.149. The predicted molar refractivity (Wildman–Crippen MR) is 72.6 cm³/mol. The van der Waals surface area contributed by atoms with Crippen molar-refractivity contribution in [3.05, 3.63) is 0 Å². The van der Waals surface area contributed by atoms with E-state index in [0.717, 1.165) is 12.8 Å². The van der Waals surface area contributed by atoms with Crippen LogP contribution in [0.4, 0.5) is 0 Å². The first-order valence-corrected chi connectivity index (χ1v) is 7.63. The summed E-state index contributed by atoms with van der Waals surface area (Å²) in [4.78, 5) is 11.3. The van der Waals surface area contributed by atoms with E-state index < -0.39 is 0 Å². The van der Waals surface area contributed by atoms with Crippen molar-refractivity contribution < 1.29 is 14.3 Å². The van der Waals surface area contributed by atoms with Gasteiger partial charge in [-0.15, -0.1) is 0 Å². The fraction of sp³-hybridized carbons (Fsp3) is 0.933. The SMILES string of the molecule is O=C1COCCCCCCCCCCCCCO1. The fourth-order valence-corrected chi connectivity index (χ4v) is 2.28. The van der Waals surface area contributed by atoms with Crippen LogP contribution in [-0.2, 0) is 14.3 Å². The molecule has 106 valence electrons. The van der Waals surface area contributed by atoms with Crippen LogP contribution in [0.5, 0.6) is 0 Å². The van der Waals surface area contributed by atoms with Gasteiger partial charge in [0.25, 0.3) is 0 Å². The number of carbonyl (C=O) groups excluding carboxylic acids is 1. The minimum atomic E-state index is -0.209. The van der Waals surface area contributed by atoms with Gasteiger partial charge in [-0.3, -0.25) is 0 Å². The summed E-state index contributed by atoms with van der Waals surface area (Å²) in [6.07, 6.45) is 13.8. The molecule has 1 heterocycles. The summed E-state index contributed by atoms with van der Waals surface area (Å²) in [5.41, 5.74) is 0. The zero-order valence-electron chi connectivity index (χ0n) is 11.6. The van der Waals surface area contributed by atoms with Gasteiger partial charge in [0.2, 0.25) is 0 Å². The topological polar surface area (TPSA) is 35.5 Å². The molecular formula is C15H28O3. The van der Waals surface area contributed by atoms with E-state index in [2.05, 4.69) is 0 Å². The molecule has 1 fully saturated rings. The second-order valence-corrected chi connectivity index (χ2v) is 5.16. The van der Waals surface area contributed by atoms with Crippen molar-refractivity contribution in [2.75, 3.05) is 19.8 Å². The van der Waals surface area contributed by atoms with Gasteiger partial charge in [-0.25, -0.2) is 4.79 Å². The van der Waals surface area contributed by atoms with Crippen molar-refractivity contribution in [1.82, 2.24) is 0 Å². The van der Waals surface area contributed by atoms with Gasteiger partial charge in [0.15, 0.2) is 0 Å². The van der Waals surface area contributed by atoms with Gasteiger partial charge in [-0.2, -0.15) is 0 Å². The molecule has 1 rings (SSSR count). The Morgan fingerprint density at radius 3 is 1.61 bits per heavy atom. The number of carbonyl (C=O) groups is 1. The molecule has 0 aromatic rings. The first-order chi connectivity index (χ1) is 8.89. The standard InChI is InChI=1S/C15H28O3/c16-15-14-17-12-10-8-6-4-2-1-3-5-7-9-11-13-18-15/h1-14H2. The van der Waals surface area contributed by atoms with Crippen molar-refractivity contribution in [3.63, 3.8) is 0 Å². The number of hydrogen-bond donors (Lipinski definition) is 0. The molecule has 0 saturated carbocycles. The maximum atomic E-state index is 11.3. The van der Waals surface area contributed by atoms with Crippen LogP contribution in [-0.4, -0.2) is 25.8 Å². The summed E-state index contributed by atoms with van der Waals surface area (Å²) in [6, 6.07) is 0. The van der Waals surface area contributed by atoms with Crippen LogP contribution in [0.15, 0.2) is 0 Å². The van der Waals surface area contributed by atoms with Gasteiger partial charge in [0.05, 0.1) is 6.61 Å². The van der Waals surface area contributed by atoms with Crippen LogP contribution in [0.2, 0.25) is 0 Å². The van der Waals surface area contributed by atoms with E-state index in [4.69, 9.17) is 9.47 Å². The van der Waals surface area contributed by atoms with Gasteiger partial charge >= 0.3 is 5.97 Å². The summed E-state index contributed by atoms with van der Waals surface area (Å²) in [5, 5.41) is 0. The zero-order chi connectivity index (χ0) is 12.9. The largest absolute Gasteiger partial charge is 0.464 e. The van der Waals surface area contributed by atoms with Gasteiger partial charge in [-0.1, -0.05) is 57.8 Å². The minimum absolute atomic E-state index is 0.125. The van der Waals surface area contributed by atoms with Crippen LogP contribution in [0.25, 0.3) is 0 Å². The maximum Gasteiger partial charge on any atom is 0.332 e. The molecule has 0 bridgehead atoms. The molecule has 0 aliphatic carbocycles. The summed E-state index contributed by atoms with van der Waals surface area (Å²) in [6.45, 7) is 1.37. The van der Waals surface area contributed by atoms with Crippen LogP contribution < -0.4 is 0 Å². The molecule has 0 aromatic carbocycles. The van der Waals surface area contributed by atoms with E-state index >= 15 is 0 Å². The molecule has 0 amide bonds. The van der Waals surface area contributed by atoms with Crippen molar-refractivity contribution >= 4 is 5.97 Å². The van der Waals surface area contributed by atoms with Crippen LogP contribution in [0, 0.1) is 0 Å². The predicted octanol–water partition coefficient (Wildman–Crippen LogP) is 3.85. The Bertz CT molecular complexity index is 184. The molecule has 3 heteroatoms. The highest BCUT2D eigenvalue weighted by atomic mass is 16.6. The Morgan fingerprint density at radius 2 is 1.06 bits per heavy atom. The molecule has 3 nitrogen and oxygen atoms in total. The van der Waals surface area contributed by atoms with Crippen molar-refractivity contribution in [2.24, 2.45) is 0 Å². The van der Waals surface area contributed by atoms with Crippen molar-refractivity contribution in [2.45, 2.75) is 70.6 Å². The van der Waals surface area contributed by atoms with E-state index in [1.165, 1.54) is 57.8 Å². The first-order valence-electron chi connectivity index (χ1n) is 7.63. The third kappa shape index (κ3) is 9.46. The molecule has 0 unspecified atom stereocenters. The van der Waals surface area contributed by atoms with E-state index in [1.807, 2.05) is 0 Å². The first kappa shape index (κ1) is 15.5. The van der Waals surface area contributed by atoms with E-state index in [0.29, 0.717) is 13.2 Å². The Hall–Kier alpha value is -0.570. The fourth-order valence-electron chi connectivity index (χ4n) is 2.28. The van der Waals surface area contributed by atoms with Crippen LogP contribution in [0.3, 0.4) is 0 Å². The second-order valence-electron chi connectivity index (χ2n) is 5.16. The van der Waals surface area contributed by atoms with Gasteiger partial charge in [0, 0.05) is 6.61 Å².